The summed E-state index contributed by atoms with van der Waals surface area (Å²) in [5, 5.41) is 3.19. The molecule has 0 aliphatic carbocycles. The number of rotatable bonds is 1. The number of nitrogens with one attached hydrogen (secondary N) is 1. The van der Waals surface area contributed by atoms with Gasteiger partial charge < -0.3 is 5.32 Å². The third kappa shape index (κ3) is 1.86. The quantitative estimate of drug-likeness (QED) is 0.704. The van der Waals surface area contributed by atoms with Gasteiger partial charge in [0.05, 0.1) is 0 Å². The Bertz CT molecular complexity index is 286. The molecule has 1 fully saturated rings. The molecule has 0 radical (unpaired) electrons. The van der Waals surface area contributed by atoms with Crippen LogP contribution in [0.5, 0.6) is 0 Å². The van der Waals surface area contributed by atoms with Crippen LogP contribution >= 0.6 is 0 Å². The zero-order valence-electron chi connectivity index (χ0n) is 7.19. The SMILES string of the molecule is Fc1cc(F)cc([C@H]2CCCN2)c1. The highest BCUT2D eigenvalue weighted by Gasteiger charge is 2.17. The fourth-order valence-electron chi connectivity index (χ4n) is 1.75. The summed E-state index contributed by atoms with van der Waals surface area (Å²) in [5.41, 5.74) is 0.718. The molecule has 1 atom stereocenters. The summed E-state index contributed by atoms with van der Waals surface area (Å²) in [5.74, 6) is -0.993. The molecule has 1 heterocycles. The molecule has 0 saturated carbocycles. The molecule has 1 aliphatic heterocycles. The molecule has 3 heteroatoms. The zero-order chi connectivity index (χ0) is 9.26. The van der Waals surface area contributed by atoms with Crippen molar-refractivity contribution in [2.45, 2.75) is 18.9 Å². The average molecular weight is 183 g/mol. The third-order valence-electron chi connectivity index (χ3n) is 2.35. The van der Waals surface area contributed by atoms with E-state index in [0.717, 1.165) is 31.0 Å². The lowest BCUT2D eigenvalue weighted by Gasteiger charge is -2.10. The third-order valence-corrected chi connectivity index (χ3v) is 2.35. The highest BCUT2D eigenvalue weighted by molar-refractivity contribution is 5.22. The molecule has 70 valence electrons. The average Bonchev–Trinajstić information content (AvgIpc) is 2.53. The first-order valence-electron chi connectivity index (χ1n) is 4.45. The van der Waals surface area contributed by atoms with E-state index in [4.69, 9.17) is 0 Å². The highest BCUT2D eigenvalue weighted by Crippen LogP contribution is 2.24. The van der Waals surface area contributed by atoms with Gasteiger partial charge in [-0.3, -0.25) is 0 Å². The van der Waals surface area contributed by atoms with Gasteiger partial charge in [0.1, 0.15) is 11.6 Å². The summed E-state index contributed by atoms with van der Waals surface area (Å²) in [6.45, 7) is 0.933. The molecule has 1 nitrogen and oxygen atoms in total. The van der Waals surface area contributed by atoms with Crippen LogP contribution in [0, 0.1) is 11.6 Å². The summed E-state index contributed by atoms with van der Waals surface area (Å²) in [4.78, 5) is 0. The Hall–Kier alpha value is -0.960. The second-order valence-electron chi connectivity index (χ2n) is 3.35. The van der Waals surface area contributed by atoms with Crippen LogP contribution in [0.2, 0.25) is 0 Å². The minimum absolute atomic E-state index is 0.130. The van der Waals surface area contributed by atoms with Gasteiger partial charge >= 0.3 is 0 Å². The summed E-state index contributed by atoms with van der Waals surface area (Å²) in [6.07, 6.45) is 2.03. The van der Waals surface area contributed by atoms with Crippen molar-refractivity contribution in [1.82, 2.24) is 5.32 Å². The second kappa shape index (κ2) is 3.42. The van der Waals surface area contributed by atoms with E-state index in [2.05, 4.69) is 5.32 Å². The number of benzene rings is 1. The van der Waals surface area contributed by atoms with Gasteiger partial charge in [0, 0.05) is 12.1 Å². The molecule has 13 heavy (non-hydrogen) atoms. The van der Waals surface area contributed by atoms with Crippen molar-refractivity contribution < 1.29 is 8.78 Å². The predicted molar refractivity (Wildman–Crippen MR) is 46.3 cm³/mol. The van der Waals surface area contributed by atoms with Crippen molar-refractivity contribution in [1.29, 1.82) is 0 Å². The van der Waals surface area contributed by atoms with Crippen LogP contribution in [0.25, 0.3) is 0 Å². The Morgan fingerprint density at radius 1 is 1.15 bits per heavy atom. The van der Waals surface area contributed by atoms with Crippen molar-refractivity contribution in [2.75, 3.05) is 6.54 Å². The van der Waals surface area contributed by atoms with Crippen LogP contribution in [-0.2, 0) is 0 Å². The van der Waals surface area contributed by atoms with Gasteiger partial charge in [-0.15, -0.1) is 0 Å². The van der Waals surface area contributed by atoms with Gasteiger partial charge in [-0.05, 0) is 37.1 Å². The Morgan fingerprint density at radius 3 is 2.38 bits per heavy atom. The van der Waals surface area contributed by atoms with Crippen LogP contribution in [0.4, 0.5) is 8.78 Å². The molecule has 1 N–H and O–H groups in total. The predicted octanol–water partition coefficient (Wildman–Crippen LogP) is 2.39. The van der Waals surface area contributed by atoms with Gasteiger partial charge in [-0.2, -0.15) is 0 Å². The standard InChI is InChI=1S/C10H11F2N/c11-8-4-7(5-9(12)6-8)10-2-1-3-13-10/h4-6,10,13H,1-3H2/t10-/m1/s1. The smallest absolute Gasteiger partial charge is 0.126 e. The first kappa shape index (κ1) is 8.63. The minimum Gasteiger partial charge on any atom is -0.310 e. The van der Waals surface area contributed by atoms with Gasteiger partial charge in [-0.1, -0.05) is 0 Å². The fraction of sp³-hybridized carbons (Fsp3) is 0.400. The van der Waals surface area contributed by atoms with Crippen LogP contribution < -0.4 is 5.32 Å². The van der Waals surface area contributed by atoms with Crippen molar-refractivity contribution >= 4 is 0 Å². The number of halogens is 2. The molecule has 0 spiro atoms. The lowest BCUT2D eigenvalue weighted by Crippen LogP contribution is -2.13. The van der Waals surface area contributed by atoms with Crippen molar-refractivity contribution in [3.8, 4) is 0 Å². The van der Waals surface area contributed by atoms with Gasteiger partial charge in [0.15, 0.2) is 0 Å². The lowest BCUT2D eigenvalue weighted by molar-refractivity contribution is 0.565. The van der Waals surface area contributed by atoms with E-state index >= 15 is 0 Å². The van der Waals surface area contributed by atoms with Crippen LogP contribution in [-0.4, -0.2) is 6.54 Å². The molecular weight excluding hydrogens is 172 g/mol. The van der Waals surface area contributed by atoms with Crippen molar-refractivity contribution in [2.24, 2.45) is 0 Å². The Balaban J connectivity index is 2.28. The molecule has 0 amide bonds. The summed E-state index contributed by atoms with van der Waals surface area (Å²) in [6, 6.07) is 3.82. The van der Waals surface area contributed by atoms with Gasteiger partial charge in [-0.25, -0.2) is 8.78 Å². The molecule has 0 unspecified atom stereocenters. The molecule has 2 rings (SSSR count). The van der Waals surface area contributed by atoms with Crippen molar-refractivity contribution in [3.05, 3.63) is 35.4 Å². The maximum Gasteiger partial charge on any atom is 0.126 e. The molecule has 1 aromatic rings. The fourth-order valence-corrected chi connectivity index (χ4v) is 1.75. The second-order valence-corrected chi connectivity index (χ2v) is 3.35. The Morgan fingerprint density at radius 2 is 1.85 bits per heavy atom. The monoisotopic (exact) mass is 183 g/mol. The number of hydrogen-bond acceptors (Lipinski definition) is 1. The maximum absolute atomic E-state index is 12.8. The van der Waals surface area contributed by atoms with E-state index in [1.807, 2.05) is 0 Å². The van der Waals surface area contributed by atoms with E-state index in [-0.39, 0.29) is 6.04 Å². The first-order chi connectivity index (χ1) is 6.25. The van der Waals surface area contributed by atoms with Gasteiger partial charge in [0.2, 0.25) is 0 Å². The number of hydrogen-bond donors (Lipinski definition) is 1. The van der Waals surface area contributed by atoms with E-state index in [1.165, 1.54) is 12.1 Å². The Kier molecular flexibility index (Phi) is 2.27. The zero-order valence-corrected chi connectivity index (χ0v) is 7.19. The molecule has 0 bridgehead atoms. The van der Waals surface area contributed by atoms with E-state index in [0.29, 0.717) is 0 Å². The highest BCUT2D eigenvalue weighted by atomic mass is 19.1. The largest absolute Gasteiger partial charge is 0.310 e. The molecular formula is C10H11F2N. The van der Waals surface area contributed by atoms with Crippen molar-refractivity contribution in [3.63, 3.8) is 0 Å². The van der Waals surface area contributed by atoms with Gasteiger partial charge in [0.25, 0.3) is 0 Å². The Labute approximate surface area is 75.8 Å². The molecule has 1 saturated heterocycles. The van der Waals surface area contributed by atoms with E-state index in [9.17, 15) is 8.78 Å². The molecule has 1 aliphatic rings. The van der Waals surface area contributed by atoms with E-state index in [1.54, 1.807) is 0 Å². The molecule has 0 aromatic heterocycles. The summed E-state index contributed by atoms with van der Waals surface area (Å²) >= 11 is 0. The summed E-state index contributed by atoms with van der Waals surface area (Å²) in [7, 11) is 0. The van der Waals surface area contributed by atoms with Crippen LogP contribution in [0.3, 0.4) is 0 Å². The lowest BCUT2D eigenvalue weighted by atomic mass is 10.1. The summed E-state index contributed by atoms with van der Waals surface area (Å²) < 4.78 is 25.6. The first-order valence-corrected chi connectivity index (χ1v) is 4.45. The van der Waals surface area contributed by atoms with Crippen LogP contribution in [0.15, 0.2) is 18.2 Å². The topological polar surface area (TPSA) is 12.0 Å². The van der Waals surface area contributed by atoms with Crippen LogP contribution in [0.1, 0.15) is 24.4 Å². The van der Waals surface area contributed by atoms with E-state index < -0.39 is 11.6 Å². The minimum atomic E-state index is -0.497. The normalized spacial score (nSPS) is 22.2. The maximum atomic E-state index is 12.8. The molecule has 1 aromatic carbocycles.